The van der Waals surface area contributed by atoms with E-state index in [-0.39, 0.29) is 17.9 Å². The van der Waals surface area contributed by atoms with E-state index >= 15 is 0 Å². The maximum Gasteiger partial charge on any atom is 0.254 e. The second-order valence-electron chi connectivity index (χ2n) is 6.99. The molecule has 1 saturated heterocycles. The SMILES string of the molecule is COc1cc(C(=O)N2CCN(C(C)C(=O)NCc3cccs3)CC2)ccc1C. The van der Waals surface area contributed by atoms with Crippen molar-refractivity contribution in [2.24, 2.45) is 0 Å². The first-order chi connectivity index (χ1) is 13.5. The predicted octanol–water partition coefficient (Wildman–Crippen LogP) is 2.53. The molecular weight excluding hydrogens is 374 g/mol. The fourth-order valence-corrected chi connectivity index (χ4v) is 3.99. The van der Waals surface area contributed by atoms with Gasteiger partial charge in [-0.3, -0.25) is 14.5 Å². The summed E-state index contributed by atoms with van der Waals surface area (Å²) in [5.74, 6) is 0.754. The monoisotopic (exact) mass is 401 g/mol. The molecule has 6 nitrogen and oxygen atoms in total. The quantitative estimate of drug-likeness (QED) is 0.808. The maximum atomic E-state index is 12.8. The Bertz CT molecular complexity index is 814. The van der Waals surface area contributed by atoms with Crippen LogP contribution < -0.4 is 10.1 Å². The molecule has 7 heteroatoms. The van der Waals surface area contributed by atoms with Crippen molar-refractivity contribution < 1.29 is 14.3 Å². The van der Waals surface area contributed by atoms with Crippen molar-refractivity contribution in [2.45, 2.75) is 26.4 Å². The third-order valence-corrected chi connectivity index (χ3v) is 6.08. The molecular formula is C21H27N3O3S. The fraction of sp³-hybridized carbons (Fsp3) is 0.429. The minimum Gasteiger partial charge on any atom is -0.496 e. The van der Waals surface area contributed by atoms with Gasteiger partial charge in [-0.15, -0.1) is 11.3 Å². The number of carbonyl (C=O) groups excluding carboxylic acids is 2. The van der Waals surface area contributed by atoms with Gasteiger partial charge < -0.3 is 15.0 Å². The van der Waals surface area contributed by atoms with Gasteiger partial charge in [0.25, 0.3) is 5.91 Å². The third-order valence-electron chi connectivity index (χ3n) is 5.20. The van der Waals surface area contributed by atoms with Crippen LogP contribution in [0.2, 0.25) is 0 Å². The number of nitrogens with one attached hydrogen (secondary N) is 1. The Balaban J connectivity index is 1.52. The lowest BCUT2D eigenvalue weighted by molar-refractivity contribution is -0.126. The summed E-state index contributed by atoms with van der Waals surface area (Å²) >= 11 is 1.64. The molecule has 1 aliphatic rings. The molecule has 1 aromatic carbocycles. The summed E-state index contributed by atoms with van der Waals surface area (Å²) in [6.45, 7) is 7.02. The van der Waals surface area contributed by atoms with Gasteiger partial charge in [0.05, 0.1) is 19.7 Å². The van der Waals surface area contributed by atoms with E-state index in [0.717, 1.165) is 16.2 Å². The van der Waals surface area contributed by atoms with Crippen LogP contribution in [-0.4, -0.2) is 60.9 Å². The summed E-state index contributed by atoms with van der Waals surface area (Å²) in [6.07, 6.45) is 0. The Labute approximate surface area is 170 Å². The van der Waals surface area contributed by atoms with Gasteiger partial charge in [-0.1, -0.05) is 12.1 Å². The van der Waals surface area contributed by atoms with E-state index in [0.29, 0.717) is 38.3 Å². The summed E-state index contributed by atoms with van der Waals surface area (Å²) in [5, 5.41) is 5.00. The molecule has 0 bridgehead atoms. The van der Waals surface area contributed by atoms with Crippen LogP contribution in [0, 0.1) is 6.92 Å². The largest absolute Gasteiger partial charge is 0.496 e. The Hall–Kier alpha value is -2.38. The number of hydrogen-bond donors (Lipinski definition) is 1. The van der Waals surface area contributed by atoms with E-state index < -0.39 is 0 Å². The number of nitrogens with zero attached hydrogens (tertiary/aromatic N) is 2. The van der Waals surface area contributed by atoms with Crippen LogP contribution in [0.15, 0.2) is 35.7 Å². The molecule has 3 rings (SSSR count). The number of aryl methyl sites for hydroxylation is 1. The van der Waals surface area contributed by atoms with E-state index in [1.807, 2.05) is 48.4 Å². The van der Waals surface area contributed by atoms with Crippen LogP contribution in [0.5, 0.6) is 5.75 Å². The van der Waals surface area contributed by atoms with Crippen molar-refractivity contribution >= 4 is 23.2 Å². The summed E-state index contributed by atoms with van der Waals surface area (Å²) < 4.78 is 5.33. The highest BCUT2D eigenvalue weighted by Crippen LogP contribution is 2.20. The van der Waals surface area contributed by atoms with Crippen LogP contribution in [0.4, 0.5) is 0 Å². The van der Waals surface area contributed by atoms with Gasteiger partial charge in [-0.25, -0.2) is 0 Å². The molecule has 1 aromatic heterocycles. The number of amides is 2. The van der Waals surface area contributed by atoms with Gasteiger partial charge in [0.1, 0.15) is 5.75 Å². The second-order valence-corrected chi connectivity index (χ2v) is 8.02. The zero-order valence-electron chi connectivity index (χ0n) is 16.6. The molecule has 2 amide bonds. The van der Waals surface area contributed by atoms with E-state index in [2.05, 4.69) is 10.2 Å². The van der Waals surface area contributed by atoms with Crippen molar-refractivity contribution in [1.29, 1.82) is 0 Å². The molecule has 28 heavy (non-hydrogen) atoms. The fourth-order valence-electron chi connectivity index (χ4n) is 3.35. The van der Waals surface area contributed by atoms with Crippen LogP contribution in [0.3, 0.4) is 0 Å². The lowest BCUT2D eigenvalue weighted by Gasteiger charge is -2.37. The smallest absolute Gasteiger partial charge is 0.254 e. The van der Waals surface area contributed by atoms with E-state index in [1.165, 1.54) is 0 Å². The normalized spacial score (nSPS) is 15.9. The molecule has 0 aliphatic carbocycles. The molecule has 150 valence electrons. The minimum absolute atomic E-state index is 0.00718. The first-order valence-corrected chi connectivity index (χ1v) is 10.4. The van der Waals surface area contributed by atoms with Gasteiger partial charge in [0.15, 0.2) is 0 Å². The number of benzene rings is 1. The first kappa shape index (κ1) is 20.4. The van der Waals surface area contributed by atoms with Crippen molar-refractivity contribution in [2.75, 3.05) is 33.3 Å². The number of rotatable bonds is 6. The third kappa shape index (κ3) is 4.72. The molecule has 1 fully saturated rings. The van der Waals surface area contributed by atoms with Gasteiger partial charge in [-0.05, 0) is 43.0 Å². The topological polar surface area (TPSA) is 61.9 Å². The summed E-state index contributed by atoms with van der Waals surface area (Å²) in [5.41, 5.74) is 1.64. The molecule has 2 heterocycles. The molecule has 1 N–H and O–H groups in total. The molecule has 1 aliphatic heterocycles. The predicted molar refractivity (Wildman–Crippen MR) is 111 cm³/mol. The Kier molecular flexibility index (Phi) is 6.70. The van der Waals surface area contributed by atoms with Crippen LogP contribution in [-0.2, 0) is 11.3 Å². The lowest BCUT2D eigenvalue weighted by Crippen LogP contribution is -2.54. The number of methoxy groups -OCH3 is 1. The summed E-state index contributed by atoms with van der Waals surface area (Å²) in [4.78, 5) is 30.3. The molecule has 0 spiro atoms. The zero-order chi connectivity index (χ0) is 20.1. The van der Waals surface area contributed by atoms with E-state index in [9.17, 15) is 9.59 Å². The van der Waals surface area contributed by atoms with Crippen LogP contribution in [0.1, 0.15) is 27.7 Å². The lowest BCUT2D eigenvalue weighted by atomic mass is 10.1. The molecule has 1 unspecified atom stereocenters. The van der Waals surface area contributed by atoms with Gasteiger partial charge in [-0.2, -0.15) is 0 Å². The van der Waals surface area contributed by atoms with Crippen molar-refractivity contribution in [3.8, 4) is 5.75 Å². The molecule has 0 radical (unpaired) electrons. The number of carbonyl (C=O) groups is 2. The highest BCUT2D eigenvalue weighted by atomic mass is 32.1. The highest BCUT2D eigenvalue weighted by molar-refractivity contribution is 7.09. The average molecular weight is 402 g/mol. The van der Waals surface area contributed by atoms with E-state index in [1.54, 1.807) is 24.5 Å². The summed E-state index contributed by atoms with van der Waals surface area (Å²) in [7, 11) is 1.61. The second kappa shape index (κ2) is 9.21. The van der Waals surface area contributed by atoms with Gasteiger partial charge in [0, 0.05) is 36.6 Å². The van der Waals surface area contributed by atoms with Crippen molar-refractivity contribution in [3.05, 3.63) is 51.7 Å². The maximum absolute atomic E-state index is 12.8. The van der Waals surface area contributed by atoms with Crippen LogP contribution >= 0.6 is 11.3 Å². The molecule has 0 saturated carbocycles. The highest BCUT2D eigenvalue weighted by Gasteiger charge is 2.28. The summed E-state index contributed by atoms with van der Waals surface area (Å²) in [6, 6.07) is 9.33. The first-order valence-electron chi connectivity index (χ1n) is 9.47. The molecule has 2 aromatic rings. The van der Waals surface area contributed by atoms with Gasteiger partial charge in [0.2, 0.25) is 5.91 Å². The van der Waals surface area contributed by atoms with Crippen LogP contribution in [0.25, 0.3) is 0 Å². The van der Waals surface area contributed by atoms with E-state index in [4.69, 9.17) is 4.74 Å². The Morgan fingerprint density at radius 1 is 1.21 bits per heavy atom. The standard InChI is InChI=1S/C21H27N3O3S/c1-15-6-7-17(13-19(15)27-3)21(26)24-10-8-23(9-11-24)16(2)20(25)22-14-18-5-4-12-28-18/h4-7,12-13,16H,8-11,14H2,1-3H3,(H,22,25). The van der Waals surface area contributed by atoms with Crippen molar-refractivity contribution in [3.63, 3.8) is 0 Å². The minimum atomic E-state index is -0.211. The number of hydrogen-bond acceptors (Lipinski definition) is 5. The number of thiophene rings is 1. The zero-order valence-corrected chi connectivity index (χ0v) is 17.4. The number of piperazine rings is 1. The molecule has 1 atom stereocenters. The number of ether oxygens (including phenoxy) is 1. The van der Waals surface area contributed by atoms with Gasteiger partial charge >= 0.3 is 0 Å². The Morgan fingerprint density at radius 3 is 2.61 bits per heavy atom. The van der Waals surface area contributed by atoms with Crippen molar-refractivity contribution in [1.82, 2.24) is 15.1 Å². The average Bonchev–Trinajstić information content (AvgIpc) is 3.25. The Morgan fingerprint density at radius 2 is 1.96 bits per heavy atom.